The van der Waals surface area contributed by atoms with Gasteiger partial charge in [-0.2, -0.15) is 0 Å². The first-order chi connectivity index (χ1) is 18.9. The molecule has 0 saturated carbocycles. The van der Waals surface area contributed by atoms with Crippen LogP contribution in [0.2, 0.25) is 0 Å². The number of hydrogen-bond acceptors (Lipinski definition) is 4. The summed E-state index contributed by atoms with van der Waals surface area (Å²) in [5, 5.41) is 13.4. The highest BCUT2D eigenvalue weighted by Crippen LogP contribution is 2.24. The van der Waals surface area contributed by atoms with Crippen molar-refractivity contribution in [3.05, 3.63) is 108 Å². The van der Waals surface area contributed by atoms with Crippen LogP contribution in [0.15, 0.2) is 96.0 Å². The molecule has 41 heavy (non-hydrogen) atoms. The molecule has 0 bridgehead atoms. The highest BCUT2D eigenvalue weighted by atomic mass is 35.5. The fraction of sp³-hybridized carbons (Fsp3) is 0.219. The molecule has 1 fully saturated rings. The predicted molar refractivity (Wildman–Crippen MR) is 179 cm³/mol. The van der Waals surface area contributed by atoms with Crippen LogP contribution in [-0.4, -0.2) is 40.8 Å². The van der Waals surface area contributed by atoms with Crippen LogP contribution < -0.4 is 15.8 Å². The molecule has 9 heteroatoms. The van der Waals surface area contributed by atoms with Gasteiger partial charge in [0.05, 0.1) is 11.5 Å². The normalized spacial score (nSPS) is 13.6. The van der Waals surface area contributed by atoms with Crippen LogP contribution >= 0.6 is 37.0 Å². The Morgan fingerprint density at radius 3 is 2.29 bits per heavy atom. The van der Waals surface area contributed by atoms with Gasteiger partial charge in [0.2, 0.25) is 0 Å². The molecule has 0 unspecified atom stereocenters. The Morgan fingerprint density at radius 1 is 0.927 bits per heavy atom. The molecule has 0 aliphatic carbocycles. The summed E-state index contributed by atoms with van der Waals surface area (Å²) in [6.45, 7) is 4.21. The summed E-state index contributed by atoms with van der Waals surface area (Å²) in [7, 11) is 0. The first-order valence-corrected chi connectivity index (χ1v) is 13.6. The molecule has 0 atom stereocenters. The second kappa shape index (κ2) is 14.8. The zero-order chi connectivity index (χ0) is 27.2. The van der Waals surface area contributed by atoms with Crippen LogP contribution in [0.4, 0.5) is 5.69 Å². The first kappa shape index (κ1) is 31.9. The molecule has 0 radical (unpaired) electrons. The molecule has 1 aliphatic heterocycles. The number of halogens is 2. The molecule has 1 saturated heterocycles. The van der Waals surface area contributed by atoms with Crippen molar-refractivity contribution in [3.8, 4) is 5.75 Å². The Bertz CT molecular complexity index is 1500. The largest absolute Gasteiger partial charge is 0.490 e. The van der Waals surface area contributed by atoms with Gasteiger partial charge in [-0.1, -0.05) is 66.8 Å². The summed E-state index contributed by atoms with van der Waals surface area (Å²) in [5.74, 6) is 1.92. The Morgan fingerprint density at radius 2 is 1.61 bits per heavy atom. The van der Waals surface area contributed by atoms with Crippen LogP contribution in [0, 0.1) is 5.41 Å². The van der Waals surface area contributed by atoms with Crippen molar-refractivity contribution in [1.29, 1.82) is 5.41 Å². The summed E-state index contributed by atoms with van der Waals surface area (Å²) in [6, 6.07) is 30.3. The Labute approximate surface area is 259 Å². The summed E-state index contributed by atoms with van der Waals surface area (Å²) in [4.78, 5) is 7.47. The number of fused-ring (bicyclic) bond motifs is 1. The Kier molecular flexibility index (Phi) is 11.5. The van der Waals surface area contributed by atoms with Crippen molar-refractivity contribution in [2.75, 3.05) is 13.1 Å². The number of thiocarbonyl (C=S) groups is 1. The number of ether oxygens (including phenoxy) is 1. The van der Waals surface area contributed by atoms with Gasteiger partial charge >= 0.3 is 0 Å². The zero-order valence-electron chi connectivity index (χ0n) is 22.9. The van der Waals surface area contributed by atoms with Crippen molar-refractivity contribution in [2.45, 2.75) is 32.4 Å². The highest BCUT2D eigenvalue weighted by molar-refractivity contribution is 7.80. The van der Waals surface area contributed by atoms with E-state index in [0.29, 0.717) is 18.2 Å². The van der Waals surface area contributed by atoms with E-state index in [0.717, 1.165) is 69.8 Å². The fourth-order valence-electron chi connectivity index (χ4n) is 4.74. The standard InChI is InChI=1S/C32H33N5OS.2ClH/c1-22(33)37-17-15-30(16-18-37)38-29-13-11-28(12-14-29)36-31(34)26-10-9-24-8-7-23(19-27(24)20-26)21-35-32(39)25-5-3-2-4-6-25;;/h2-14,19-20,30,33H,15-18,21H2,1H3,(H2,34,36)(H,35,39);2*1H. The van der Waals surface area contributed by atoms with E-state index in [1.54, 1.807) is 0 Å². The maximum absolute atomic E-state index is 7.78. The van der Waals surface area contributed by atoms with Gasteiger partial charge in [0, 0.05) is 43.6 Å². The first-order valence-electron chi connectivity index (χ1n) is 13.2. The highest BCUT2D eigenvalue weighted by Gasteiger charge is 2.20. The second-order valence-corrected chi connectivity index (χ2v) is 10.2. The number of hydrogen-bond donors (Lipinski definition) is 3. The summed E-state index contributed by atoms with van der Waals surface area (Å²) >= 11 is 5.53. The van der Waals surface area contributed by atoms with Gasteiger partial charge in [-0.05, 0) is 59.7 Å². The minimum absolute atomic E-state index is 0. The summed E-state index contributed by atoms with van der Waals surface area (Å²) in [6.07, 6.45) is 2.01. The van der Waals surface area contributed by atoms with Gasteiger partial charge in [0.25, 0.3) is 0 Å². The van der Waals surface area contributed by atoms with Crippen LogP contribution in [0.3, 0.4) is 0 Å². The number of rotatable bonds is 7. The molecule has 4 aromatic rings. The third kappa shape index (κ3) is 8.43. The molecular weight excluding hydrogens is 573 g/mol. The van der Waals surface area contributed by atoms with Crippen LogP contribution in [-0.2, 0) is 6.54 Å². The van der Waals surface area contributed by atoms with Crippen LogP contribution in [0.1, 0.15) is 36.5 Å². The SMILES string of the molecule is CC(=N)N1CCC(Oc2ccc(N=C(N)c3ccc4ccc(CNC(=S)c5ccccc5)cc4c3)cc2)CC1.Cl.Cl. The number of aliphatic imine (C=N–C) groups is 1. The maximum atomic E-state index is 7.78. The van der Waals surface area contributed by atoms with Gasteiger partial charge in [0.15, 0.2) is 0 Å². The molecule has 214 valence electrons. The van der Waals surface area contributed by atoms with E-state index in [1.807, 2.05) is 67.6 Å². The minimum Gasteiger partial charge on any atom is -0.490 e. The zero-order valence-corrected chi connectivity index (χ0v) is 25.3. The maximum Gasteiger partial charge on any atom is 0.131 e. The number of benzene rings is 4. The van der Waals surface area contributed by atoms with E-state index in [-0.39, 0.29) is 30.9 Å². The molecule has 4 N–H and O–H groups in total. The number of amidine groups is 2. The lowest BCUT2D eigenvalue weighted by Gasteiger charge is -2.32. The van der Waals surface area contributed by atoms with E-state index in [4.69, 9.17) is 28.1 Å². The van der Waals surface area contributed by atoms with E-state index < -0.39 is 0 Å². The fourth-order valence-corrected chi connectivity index (χ4v) is 4.95. The lowest BCUT2D eigenvalue weighted by Crippen LogP contribution is -2.40. The number of likely N-dealkylation sites (tertiary alicyclic amines) is 1. The van der Waals surface area contributed by atoms with Crippen molar-refractivity contribution in [1.82, 2.24) is 10.2 Å². The minimum atomic E-state index is 0. The third-order valence-corrected chi connectivity index (χ3v) is 7.37. The van der Waals surface area contributed by atoms with Gasteiger partial charge in [-0.3, -0.25) is 5.41 Å². The molecule has 4 aromatic carbocycles. The van der Waals surface area contributed by atoms with E-state index in [1.165, 1.54) is 0 Å². The van der Waals surface area contributed by atoms with Gasteiger partial charge in [-0.15, -0.1) is 24.8 Å². The number of piperidine rings is 1. The molecule has 0 aromatic heterocycles. The topological polar surface area (TPSA) is 86.7 Å². The van der Waals surface area contributed by atoms with Crippen molar-refractivity contribution < 1.29 is 4.74 Å². The molecule has 5 rings (SSSR count). The molecule has 0 amide bonds. The number of nitrogens with zero attached hydrogens (tertiary/aromatic N) is 2. The predicted octanol–water partition coefficient (Wildman–Crippen LogP) is 7.03. The Balaban J connectivity index is 0.00000231. The van der Waals surface area contributed by atoms with Gasteiger partial charge in [0.1, 0.15) is 22.7 Å². The Hall–Kier alpha value is -3.65. The molecule has 1 aliphatic rings. The average Bonchev–Trinajstić information content (AvgIpc) is 2.97. The average molecular weight is 609 g/mol. The summed E-state index contributed by atoms with van der Waals surface area (Å²) < 4.78 is 6.16. The van der Waals surface area contributed by atoms with Gasteiger partial charge < -0.3 is 20.7 Å². The summed E-state index contributed by atoms with van der Waals surface area (Å²) in [5.41, 5.74) is 10.2. The van der Waals surface area contributed by atoms with Crippen LogP contribution in [0.25, 0.3) is 10.8 Å². The number of nitrogens with two attached hydrogens (primary N) is 1. The van der Waals surface area contributed by atoms with E-state index >= 15 is 0 Å². The molecule has 6 nitrogen and oxygen atoms in total. The monoisotopic (exact) mass is 607 g/mol. The van der Waals surface area contributed by atoms with Gasteiger partial charge in [-0.25, -0.2) is 4.99 Å². The molecule has 0 spiro atoms. The van der Waals surface area contributed by atoms with E-state index in [2.05, 4.69) is 45.5 Å². The quantitative estimate of drug-likeness (QED) is 0.119. The van der Waals surface area contributed by atoms with Crippen molar-refractivity contribution in [2.24, 2.45) is 10.7 Å². The lowest BCUT2D eigenvalue weighted by molar-refractivity contribution is 0.130. The van der Waals surface area contributed by atoms with Crippen molar-refractivity contribution >= 4 is 70.2 Å². The third-order valence-electron chi connectivity index (χ3n) is 6.99. The smallest absolute Gasteiger partial charge is 0.131 e. The number of nitrogens with one attached hydrogen (secondary N) is 2. The second-order valence-electron chi connectivity index (χ2n) is 9.83. The van der Waals surface area contributed by atoms with Crippen molar-refractivity contribution in [3.63, 3.8) is 0 Å². The van der Waals surface area contributed by atoms with Crippen LogP contribution in [0.5, 0.6) is 5.75 Å². The lowest BCUT2D eigenvalue weighted by atomic mass is 10.0. The molecule has 1 heterocycles. The van der Waals surface area contributed by atoms with E-state index in [9.17, 15) is 0 Å². The molecular formula is C32H35Cl2N5OS.